The molecular weight excluding hydrogens is 210 g/mol. The van der Waals surface area contributed by atoms with Gasteiger partial charge in [-0.25, -0.2) is 0 Å². The van der Waals surface area contributed by atoms with E-state index in [0.29, 0.717) is 6.10 Å². The third-order valence-corrected chi connectivity index (χ3v) is 2.93. The van der Waals surface area contributed by atoms with Crippen LogP contribution in [0.1, 0.15) is 38.7 Å². The Balaban J connectivity index is 1.98. The molecule has 0 fully saturated rings. The maximum atomic E-state index is 5.75. The summed E-state index contributed by atoms with van der Waals surface area (Å²) < 4.78 is 5.75. The van der Waals surface area contributed by atoms with Crippen LogP contribution in [-0.2, 0) is 11.3 Å². The Kier molecular flexibility index (Phi) is 7.69. The van der Waals surface area contributed by atoms with E-state index >= 15 is 0 Å². The summed E-state index contributed by atoms with van der Waals surface area (Å²) in [6.07, 6.45) is 3.77. The summed E-state index contributed by atoms with van der Waals surface area (Å²) in [6.45, 7) is 7.21. The lowest BCUT2D eigenvalue weighted by Gasteiger charge is -2.13. The van der Waals surface area contributed by atoms with Gasteiger partial charge in [-0.05, 0) is 31.4 Å². The number of benzene rings is 1. The monoisotopic (exact) mass is 235 g/mol. The number of hydrogen-bond acceptors (Lipinski definition) is 2. The third-order valence-electron chi connectivity index (χ3n) is 2.93. The van der Waals surface area contributed by atoms with Crippen molar-refractivity contribution in [3.8, 4) is 0 Å². The van der Waals surface area contributed by atoms with Gasteiger partial charge in [-0.2, -0.15) is 0 Å². The fourth-order valence-electron chi connectivity index (χ4n) is 1.80. The first kappa shape index (κ1) is 14.2. The van der Waals surface area contributed by atoms with Crippen molar-refractivity contribution in [3.05, 3.63) is 35.9 Å². The normalized spacial score (nSPS) is 11.0. The van der Waals surface area contributed by atoms with Gasteiger partial charge in [-0.3, -0.25) is 0 Å². The lowest BCUT2D eigenvalue weighted by molar-refractivity contribution is 0.0468. The van der Waals surface area contributed by atoms with E-state index in [1.54, 1.807) is 0 Å². The van der Waals surface area contributed by atoms with Crippen LogP contribution in [-0.4, -0.2) is 19.3 Å². The van der Waals surface area contributed by atoms with Crippen molar-refractivity contribution in [2.75, 3.05) is 13.2 Å². The molecule has 0 saturated carbocycles. The molecule has 1 aromatic carbocycles. The standard InChI is InChI=1S/C15H25NO/c1-3-15(4-2)17-12-8-11-16-13-14-9-6-5-7-10-14/h5-7,9-10,15-16H,3-4,8,11-13H2,1-2H3. The molecule has 1 rings (SSSR count). The Morgan fingerprint density at radius 2 is 1.82 bits per heavy atom. The van der Waals surface area contributed by atoms with Gasteiger partial charge in [0.05, 0.1) is 6.10 Å². The second-order valence-electron chi connectivity index (χ2n) is 4.33. The zero-order valence-electron chi connectivity index (χ0n) is 11.1. The number of rotatable bonds is 9. The zero-order chi connectivity index (χ0) is 12.3. The van der Waals surface area contributed by atoms with Crippen molar-refractivity contribution in [2.45, 2.75) is 45.8 Å². The van der Waals surface area contributed by atoms with Crippen LogP contribution in [0.25, 0.3) is 0 Å². The maximum absolute atomic E-state index is 5.75. The third kappa shape index (κ3) is 6.44. The molecule has 0 aromatic heterocycles. The molecule has 0 radical (unpaired) electrons. The Bertz CT molecular complexity index is 270. The van der Waals surface area contributed by atoms with Crippen molar-refractivity contribution >= 4 is 0 Å². The predicted molar refractivity (Wildman–Crippen MR) is 73.1 cm³/mol. The van der Waals surface area contributed by atoms with Crippen LogP contribution in [0.15, 0.2) is 30.3 Å². The van der Waals surface area contributed by atoms with Crippen molar-refractivity contribution in [1.29, 1.82) is 0 Å². The second-order valence-corrected chi connectivity index (χ2v) is 4.33. The van der Waals surface area contributed by atoms with E-state index in [-0.39, 0.29) is 0 Å². The summed E-state index contributed by atoms with van der Waals surface area (Å²) in [6, 6.07) is 10.5. The lowest BCUT2D eigenvalue weighted by atomic mass is 10.2. The van der Waals surface area contributed by atoms with Gasteiger partial charge in [0.1, 0.15) is 0 Å². The first-order chi connectivity index (χ1) is 8.36. The van der Waals surface area contributed by atoms with E-state index in [2.05, 4.69) is 43.4 Å². The van der Waals surface area contributed by atoms with E-state index in [1.807, 2.05) is 6.07 Å². The first-order valence-electron chi connectivity index (χ1n) is 6.73. The Morgan fingerprint density at radius 3 is 2.47 bits per heavy atom. The molecule has 0 saturated heterocycles. The molecule has 0 bridgehead atoms. The maximum Gasteiger partial charge on any atom is 0.0569 e. The van der Waals surface area contributed by atoms with Crippen molar-refractivity contribution < 1.29 is 4.74 Å². The molecule has 0 spiro atoms. The number of nitrogens with one attached hydrogen (secondary N) is 1. The van der Waals surface area contributed by atoms with Gasteiger partial charge < -0.3 is 10.1 Å². The summed E-state index contributed by atoms with van der Waals surface area (Å²) in [5.41, 5.74) is 1.34. The molecular formula is C15H25NO. The Morgan fingerprint density at radius 1 is 1.12 bits per heavy atom. The summed E-state index contributed by atoms with van der Waals surface area (Å²) >= 11 is 0. The molecule has 2 nitrogen and oxygen atoms in total. The highest BCUT2D eigenvalue weighted by Gasteiger charge is 2.01. The van der Waals surface area contributed by atoms with E-state index in [4.69, 9.17) is 4.74 Å². The summed E-state index contributed by atoms with van der Waals surface area (Å²) in [5, 5.41) is 3.43. The Hall–Kier alpha value is -0.860. The van der Waals surface area contributed by atoms with Gasteiger partial charge in [0, 0.05) is 13.2 Å². The van der Waals surface area contributed by atoms with Crippen LogP contribution >= 0.6 is 0 Å². The van der Waals surface area contributed by atoms with E-state index in [0.717, 1.165) is 39.0 Å². The number of ether oxygens (including phenoxy) is 1. The molecule has 17 heavy (non-hydrogen) atoms. The van der Waals surface area contributed by atoms with Gasteiger partial charge in [0.15, 0.2) is 0 Å². The molecule has 1 aromatic rings. The minimum atomic E-state index is 0.448. The van der Waals surface area contributed by atoms with Crippen molar-refractivity contribution in [2.24, 2.45) is 0 Å². The van der Waals surface area contributed by atoms with E-state index < -0.39 is 0 Å². The quantitative estimate of drug-likeness (QED) is 0.663. The van der Waals surface area contributed by atoms with Crippen molar-refractivity contribution in [3.63, 3.8) is 0 Å². The summed E-state index contributed by atoms with van der Waals surface area (Å²) in [5.74, 6) is 0. The minimum Gasteiger partial charge on any atom is -0.378 e. The van der Waals surface area contributed by atoms with Crippen LogP contribution in [0.5, 0.6) is 0 Å². The smallest absolute Gasteiger partial charge is 0.0569 e. The molecule has 0 aliphatic carbocycles. The highest BCUT2D eigenvalue weighted by Crippen LogP contribution is 2.02. The van der Waals surface area contributed by atoms with Crippen LogP contribution in [0.2, 0.25) is 0 Å². The van der Waals surface area contributed by atoms with Gasteiger partial charge in [-0.1, -0.05) is 44.2 Å². The van der Waals surface area contributed by atoms with E-state index in [9.17, 15) is 0 Å². The molecule has 0 atom stereocenters. The van der Waals surface area contributed by atoms with Gasteiger partial charge >= 0.3 is 0 Å². The molecule has 1 N–H and O–H groups in total. The average molecular weight is 235 g/mol. The highest BCUT2D eigenvalue weighted by atomic mass is 16.5. The van der Waals surface area contributed by atoms with Crippen molar-refractivity contribution in [1.82, 2.24) is 5.32 Å². The number of hydrogen-bond donors (Lipinski definition) is 1. The Labute approximate surface area is 105 Å². The average Bonchev–Trinajstić information content (AvgIpc) is 2.39. The van der Waals surface area contributed by atoms with Gasteiger partial charge in [0.25, 0.3) is 0 Å². The summed E-state index contributed by atoms with van der Waals surface area (Å²) in [4.78, 5) is 0. The van der Waals surface area contributed by atoms with Crippen LogP contribution in [0, 0.1) is 0 Å². The predicted octanol–water partition coefficient (Wildman–Crippen LogP) is 3.37. The minimum absolute atomic E-state index is 0.448. The zero-order valence-corrected chi connectivity index (χ0v) is 11.1. The topological polar surface area (TPSA) is 21.3 Å². The molecule has 0 aliphatic rings. The second kappa shape index (κ2) is 9.20. The first-order valence-corrected chi connectivity index (χ1v) is 6.73. The largest absolute Gasteiger partial charge is 0.378 e. The van der Waals surface area contributed by atoms with Gasteiger partial charge in [0.2, 0.25) is 0 Å². The van der Waals surface area contributed by atoms with Crippen LogP contribution in [0.3, 0.4) is 0 Å². The highest BCUT2D eigenvalue weighted by molar-refractivity contribution is 5.14. The SMILES string of the molecule is CCC(CC)OCCCNCc1ccccc1. The van der Waals surface area contributed by atoms with Crippen LogP contribution < -0.4 is 5.32 Å². The van der Waals surface area contributed by atoms with E-state index in [1.165, 1.54) is 5.56 Å². The fraction of sp³-hybridized carbons (Fsp3) is 0.600. The molecule has 2 heteroatoms. The lowest BCUT2D eigenvalue weighted by Crippen LogP contribution is -2.18. The molecule has 0 amide bonds. The fourth-order valence-corrected chi connectivity index (χ4v) is 1.80. The summed E-state index contributed by atoms with van der Waals surface area (Å²) in [7, 11) is 0. The molecule has 96 valence electrons. The molecule has 0 heterocycles. The molecule has 0 unspecified atom stereocenters. The molecule has 0 aliphatic heterocycles. The van der Waals surface area contributed by atoms with Gasteiger partial charge in [-0.15, -0.1) is 0 Å². The van der Waals surface area contributed by atoms with Crippen LogP contribution in [0.4, 0.5) is 0 Å².